The molecule has 1 amide bonds. The van der Waals surface area contributed by atoms with Gasteiger partial charge in [0.05, 0.1) is 12.3 Å². The Labute approximate surface area is 89.3 Å². The lowest BCUT2D eigenvalue weighted by Crippen LogP contribution is -2.28. The molecule has 0 saturated carbocycles. The summed E-state index contributed by atoms with van der Waals surface area (Å²) in [7, 11) is 0. The van der Waals surface area contributed by atoms with E-state index in [9.17, 15) is 4.79 Å². The van der Waals surface area contributed by atoms with Gasteiger partial charge in [0.1, 0.15) is 5.82 Å². The minimum atomic E-state index is -0.448. The molecule has 0 radical (unpaired) electrons. The van der Waals surface area contributed by atoms with Gasteiger partial charge in [0.25, 0.3) is 0 Å². The Morgan fingerprint density at radius 2 is 2.13 bits per heavy atom. The summed E-state index contributed by atoms with van der Waals surface area (Å²) >= 11 is 0. The van der Waals surface area contributed by atoms with Crippen LogP contribution in [0.5, 0.6) is 0 Å². The molecule has 1 heterocycles. The van der Waals surface area contributed by atoms with Crippen LogP contribution in [0.2, 0.25) is 0 Å². The molecule has 0 aliphatic heterocycles. The van der Waals surface area contributed by atoms with Gasteiger partial charge in [-0.3, -0.25) is 4.79 Å². The van der Waals surface area contributed by atoms with Crippen molar-refractivity contribution in [3.63, 3.8) is 0 Å². The Hall–Kier alpha value is -1.42. The summed E-state index contributed by atoms with van der Waals surface area (Å²) in [5.74, 6) is 0.381. The molecule has 0 spiro atoms. The van der Waals surface area contributed by atoms with Gasteiger partial charge in [0.2, 0.25) is 5.91 Å². The summed E-state index contributed by atoms with van der Waals surface area (Å²) in [5.41, 5.74) is 0.0957. The molecule has 0 atom stereocenters. The number of nitrogens with one attached hydrogen (secondary N) is 1. The van der Waals surface area contributed by atoms with Gasteiger partial charge < -0.3 is 10.4 Å². The second-order valence-electron chi connectivity index (χ2n) is 4.38. The number of aromatic nitrogens is 1. The number of aliphatic hydroxyl groups excluding tert-OH is 1. The second kappa shape index (κ2) is 4.40. The molecule has 4 nitrogen and oxygen atoms in total. The van der Waals surface area contributed by atoms with Crippen LogP contribution in [0, 0.1) is 5.41 Å². The van der Waals surface area contributed by atoms with Gasteiger partial charge in [0.15, 0.2) is 0 Å². The molecule has 0 saturated heterocycles. The van der Waals surface area contributed by atoms with Crippen molar-refractivity contribution in [2.75, 3.05) is 5.32 Å². The molecule has 4 heteroatoms. The van der Waals surface area contributed by atoms with Gasteiger partial charge >= 0.3 is 0 Å². The lowest BCUT2D eigenvalue weighted by atomic mass is 9.96. The van der Waals surface area contributed by atoms with E-state index < -0.39 is 5.41 Å². The van der Waals surface area contributed by atoms with Crippen LogP contribution in [0.15, 0.2) is 18.2 Å². The van der Waals surface area contributed by atoms with E-state index in [0.29, 0.717) is 11.5 Å². The van der Waals surface area contributed by atoms with Crippen molar-refractivity contribution in [1.29, 1.82) is 0 Å². The van der Waals surface area contributed by atoms with Crippen molar-refractivity contribution in [1.82, 2.24) is 4.98 Å². The molecule has 15 heavy (non-hydrogen) atoms. The van der Waals surface area contributed by atoms with Gasteiger partial charge in [-0.15, -0.1) is 0 Å². The fourth-order valence-electron chi connectivity index (χ4n) is 0.941. The SMILES string of the molecule is CC(C)(C)C(=O)Nc1cccc(CO)n1. The van der Waals surface area contributed by atoms with Gasteiger partial charge in [-0.2, -0.15) is 0 Å². The van der Waals surface area contributed by atoms with Gasteiger partial charge in [-0.25, -0.2) is 4.98 Å². The molecule has 2 N–H and O–H groups in total. The van der Waals surface area contributed by atoms with Crippen molar-refractivity contribution in [2.24, 2.45) is 5.41 Å². The number of carbonyl (C=O) groups excluding carboxylic acids is 1. The highest BCUT2D eigenvalue weighted by atomic mass is 16.3. The second-order valence-corrected chi connectivity index (χ2v) is 4.38. The third-order valence-corrected chi connectivity index (χ3v) is 1.89. The Bertz CT molecular complexity index is 356. The molecule has 0 bridgehead atoms. The first-order valence-electron chi connectivity index (χ1n) is 4.82. The topological polar surface area (TPSA) is 62.2 Å². The third kappa shape index (κ3) is 3.32. The van der Waals surface area contributed by atoms with Crippen LogP contribution >= 0.6 is 0 Å². The standard InChI is InChI=1S/C11H16N2O2/c1-11(2,3)10(15)13-9-6-4-5-8(7-14)12-9/h4-6,14H,7H2,1-3H3,(H,12,13,15). The van der Waals surface area contributed by atoms with E-state index in [0.717, 1.165) is 0 Å². The number of carbonyl (C=O) groups is 1. The summed E-state index contributed by atoms with van der Waals surface area (Å²) in [6, 6.07) is 5.15. The molecule has 1 rings (SSSR count). The van der Waals surface area contributed by atoms with Crippen molar-refractivity contribution in [3.8, 4) is 0 Å². The number of hydrogen-bond donors (Lipinski definition) is 2. The maximum Gasteiger partial charge on any atom is 0.230 e. The number of amides is 1. The van der Waals surface area contributed by atoms with E-state index in [1.807, 2.05) is 20.8 Å². The van der Waals surface area contributed by atoms with Crippen LogP contribution in [0.25, 0.3) is 0 Å². The highest BCUT2D eigenvalue weighted by Crippen LogP contribution is 2.16. The largest absolute Gasteiger partial charge is 0.390 e. The number of nitrogens with zero attached hydrogens (tertiary/aromatic N) is 1. The molecular formula is C11H16N2O2. The van der Waals surface area contributed by atoms with Crippen LogP contribution in [0.4, 0.5) is 5.82 Å². The lowest BCUT2D eigenvalue weighted by Gasteiger charge is -2.17. The van der Waals surface area contributed by atoms with E-state index in [-0.39, 0.29) is 12.5 Å². The first-order chi connectivity index (χ1) is 6.93. The molecule has 0 unspecified atom stereocenters. The number of hydrogen-bond acceptors (Lipinski definition) is 3. The molecular weight excluding hydrogens is 192 g/mol. The number of pyridine rings is 1. The lowest BCUT2D eigenvalue weighted by molar-refractivity contribution is -0.123. The van der Waals surface area contributed by atoms with Crippen LogP contribution in [-0.4, -0.2) is 16.0 Å². The van der Waals surface area contributed by atoms with E-state index in [1.54, 1.807) is 18.2 Å². The minimum Gasteiger partial charge on any atom is -0.390 e. The molecule has 1 aromatic heterocycles. The Kier molecular flexibility index (Phi) is 3.42. The average Bonchev–Trinajstić information content (AvgIpc) is 2.16. The van der Waals surface area contributed by atoms with E-state index >= 15 is 0 Å². The summed E-state index contributed by atoms with van der Waals surface area (Å²) < 4.78 is 0. The van der Waals surface area contributed by atoms with Gasteiger partial charge in [0, 0.05) is 5.41 Å². The van der Waals surface area contributed by atoms with Crippen molar-refractivity contribution >= 4 is 11.7 Å². The molecule has 0 fully saturated rings. The van der Waals surface area contributed by atoms with Crippen LogP contribution < -0.4 is 5.32 Å². The quantitative estimate of drug-likeness (QED) is 0.775. The minimum absolute atomic E-state index is 0.0925. The first kappa shape index (κ1) is 11.7. The Morgan fingerprint density at radius 3 is 2.67 bits per heavy atom. The number of aliphatic hydroxyl groups is 1. The molecule has 82 valence electrons. The first-order valence-corrected chi connectivity index (χ1v) is 4.82. The number of anilines is 1. The summed E-state index contributed by atoms with van der Waals surface area (Å²) in [6.45, 7) is 5.37. The summed E-state index contributed by atoms with van der Waals surface area (Å²) in [4.78, 5) is 15.7. The maximum absolute atomic E-state index is 11.6. The fourth-order valence-corrected chi connectivity index (χ4v) is 0.941. The fraction of sp³-hybridized carbons (Fsp3) is 0.455. The van der Waals surface area contributed by atoms with E-state index in [1.165, 1.54) is 0 Å². The molecule has 0 aromatic carbocycles. The van der Waals surface area contributed by atoms with Crippen molar-refractivity contribution < 1.29 is 9.90 Å². The number of rotatable bonds is 2. The van der Waals surface area contributed by atoms with Gasteiger partial charge in [-0.1, -0.05) is 26.8 Å². The van der Waals surface area contributed by atoms with Gasteiger partial charge in [-0.05, 0) is 12.1 Å². The van der Waals surface area contributed by atoms with Crippen molar-refractivity contribution in [3.05, 3.63) is 23.9 Å². The third-order valence-electron chi connectivity index (χ3n) is 1.89. The van der Waals surface area contributed by atoms with E-state index in [4.69, 9.17) is 5.11 Å². The monoisotopic (exact) mass is 208 g/mol. The predicted octanol–water partition coefficient (Wildman–Crippen LogP) is 1.56. The Morgan fingerprint density at radius 1 is 1.47 bits per heavy atom. The van der Waals surface area contributed by atoms with Crippen LogP contribution in [-0.2, 0) is 11.4 Å². The smallest absolute Gasteiger partial charge is 0.230 e. The Balaban J connectivity index is 2.77. The highest BCUT2D eigenvalue weighted by Gasteiger charge is 2.21. The normalized spacial score (nSPS) is 11.2. The van der Waals surface area contributed by atoms with Crippen molar-refractivity contribution in [2.45, 2.75) is 27.4 Å². The van der Waals surface area contributed by atoms with Crippen LogP contribution in [0.3, 0.4) is 0 Å². The zero-order valence-corrected chi connectivity index (χ0v) is 9.24. The predicted molar refractivity (Wildman–Crippen MR) is 58.2 cm³/mol. The average molecular weight is 208 g/mol. The zero-order valence-electron chi connectivity index (χ0n) is 9.24. The summed E-state index contributed by atoms with van der Waals surface area (Å²) in [6.07, 6.45) is 0. The highest BCUT2D eigenvalue weighted by molar-refractivity contribution is 5.93. The van der Waals surface area contributed by atoms with E-state index in [2.05, 4.69) is 10.3 Å². The molecule has 0 aliphatic rings. The van der Waals surface area contributed by atoms with Crippen LogP contribution in [0.1, 0.15) is 26.5 Å². The molecule has 1 aromatic rings. The zero-order chi connectivity index (χ0) is 11.5. The maximum atomic E-state index is 11.6. The summed E-state index contributed by atoms with van der Waals surface area (Å²) in [5, 5.41) is 11.6. The molecule has 0 aliphatic carbocycles.